The predicted molar refractivity (Wildman–Crippen MR) is 91.8 cm³/mol. The molecule has 0 aromatic heterocycles. The zero-order valence-corrected chi connectivity index (χ0v) is 13.5. The zero-order chi connectivity index (χ0) is 17.7. The Bertz CT molecular complexity index is 871. The third-order valence-corrected chi connectivity index (χ3v) is 3.52. The van der Waals surface area contributed by atoms with Gasteiger partial charge in [0, 0.05) is 17.2 Å². The average Bonchev–Trinajstić information content (AvgIpc) is 2.55. The van der Waals surface area contributed by atoms with E-state index in [9.17, 15) is 14.9 Å². The van der Waals surface area contributed by atoms with Gasteiger partial charge < -0.3 is 5.32 Å². The topological polar surface area (TPSA) is 96.0 Å². The maximum Gasteiger partial charge on any atom is 0.271 e. The van der Waals surface area contributed by atoms with Gasteiger partial charge in [-0.25, -0.2) is 0 Å². The number of nitriles is 1. The molecule has 8 heteroatoms. The Labute approximate surface area is 147 Å². The van der Waals surface area contributed by atoms with Gasteiger partial charge in [-0.15, -0.1) is 0 Å². The van der Waals surface area contributed by atoms with E-state index in [2.05, 4.69) is 5.32 Å². The van der Waals surface area contributed by atoms with E-state index in [0.717, 1.165) is 6.07 Å². The molecular weight excluding hydrogens is 353 g/mol. The van der Waals surface area contributed by atoms with Crippen LogP contribution in [0.25, 0.3) is 6.08 Å². The highest BCUT2D eigenvalue weighted by Gasteiger charge is 2.14. The van der Waals surface area contributed by atoms with Gasteiger partial charge in [0.15, 0.2) is 0 Å². The van der Waals surface area contributed by atoms with Crippen molar-refractivity contribution in [3.63, 3.8) is 0 Å². The molecule has 0 saturated heterocycles. The van der Waals surface area contributed by atoms with Crippen molar-refractivity contribution in [3.8, 4) is 6.07 Å². The number of rotatable bonds is 4. The van der Waals surface area contributed by atoms with Crippen LogP contribution in [0.1, 0.15) is 5.56 Å². The Kier molecular flexibility index (Phi) is 5.53. The molecule has 2 rings (SSSR count). The number of hydrogen-bond donors (Lipinski definition) is 1. The lowest BCUT2D eigenvalue weighted by atomic mass is 10.1. The normalized spacial score (nSPS) is 10.8. The fourth-order valence-corrected chi connectivity index (χ4v) is 2.13. The molecule has 0 aliphatic heterocycles. The van der Waals surface area contributed by atoms with E-state index >= 15 is 0 Å². The lowest BCUT2D eigenvalue weighted by molar-refractivity contribution is -0.384. The predicted octanol–water partition coefficient (Wildman–Crippen LogP) is 4.45. The first kappa shape index (κ1) is 17.5. The summed E-state index contributed by atoms with van der Waals surface area (Å²) in [5, 5.41) is 22.8. The third kappa shape index (κ3) is 4.32. The van der Waals surface area contributed by atoms with Crippen LogP contribution in [0, 0.1) is 21.4 Å². The third-order valence-electron chi connectivity index (χ3n) is 2.96. The Hall–Kier alpha value is -2.88. The summed E-state index contributed by atoms with van der Waals surface area (Å²) < 4.78 is 0. The van der Waals surface area contributed by atoms with Crippen molar-refractivity contribution in [2.24, 2.45) is 0 Å². The highest BCUT2D eigenvalue weighted by molar-refractivity contribution is 6.34. The highest BCUT2D eigenvalue weighted by Crippen LogP contribution is 2.27. The maximum absolute atomic E-state index is 12.2. The molecule has 0 heterocycles. The molecule has 6 nitrogen and oxygen atoms in total. The number of carbonyl (C=O) groups excluding carboxylic acids is 1. The molecular formula is C16H9Cl2N3O3. The van der Waals surface area contributed by atoms with Crippen LogP contribution in [0.5, 0.6) is 0 Å². The van der Waals surface area contributed by atoms with Crippen molar-refractivity contribution in [3.05, 3.63) is 73.8 Å². The second-order valence-electron chi connectivity index (χ2n) is 4.60. The van der Waals surface area contributed by atoms with Crippen molar-refractivity contribution in [1.29, 1.82) is 5.26 Å². The lowest BCUT2D eigenvalue weighted by Crippen LogP contribution is -2.13. The van der Waals surface area contributed by atoms with E-state index in [4.69, 9.17) is 28.5 Å². The zero-order valence-electron chi connectivity index (χ0n) is 12.0. The van der Waals surface area contributed by atoms with Crippen LogP contribution in [0.15, 0.2) is 48.0 Å². The molecule has 24 heavy (non-hydrogen) atoms. The molecule has 1 amide bonds. The van der Waals surface area contributed by atoms with Crippen LogP contribution in [0.3, 0.4) is 0 Å². The van der Waals surface area contributed by atoms with Crippen molar-refractivity contribution in [1.82, 2.24) is 0 Å². The van der Waals surface area contributed by atoms with Gasteiger partial charge >= 0.3 is 0 Å². The number of nitrogens with zero attached hydrogens (tertiary/aromatic N) is 2. The highest BCUT2D eigenvalue weighted by atomic mass is 35.5. The fraction of sp³-hybridized carbons (Fsp3) is 0. The number of carbonyl (C=O) groups is 1. The first-order valence-electron chi connectivity index (χ1n) is 6.53. The molecule has 120 valence electrons. The monoisotopic (exact) mass is 361 g/mol. The Morgan fingerprint density at radius 3 is 2.42 bits per heavy atom. The molecule has 2 aromatic rings. The molecule has 1 N–H and O–H groups in total. The number of hydrogen-bond acceptors (Lipinski definition) is 4. The Morgan fingerprint density at radius 1 is 1.21 bits per heavy atom. The van der Waals surface area contributed by atoms with Crippen LogP contribution in [-0.2, 0) is 4.79 Å². The maximum atomic E-state index is 12.2. The fourth-order valence-electron chi connectivity index (χ4n) is 1.78. The largest absolute Gasteiger partial charge is 0.320 e. The molecule has 0 radical (unpaired) electrons. The van der Waals surface area contributed by atoms with E-state index in [1.807, 2.05) is 0 Å². The SMILES string of the molecule is N#C/C(=C\c1ccc(Cl)cc1)C(=O)Nc1ccc([N+](=O)[O-])cc1Cl. The minimum absolute atomic E-state index is 0.00123. The summed E-state index contributed by atoms with van der Waals surface area (Å²) in [7, 11) is 0. The summed E-state index contributed by atoms with van der Waals surface area (Å²) in [6.45, 7) is 0. The number of nitro benzene ring substituents is 1. The summed E-state index contributed by atoms with van der Waals surface area (Å²) >= 11 is 11.7. The summed E-state index contributed by atoms with van der Waals surface area (Å²) in [6, 6.07) is 12.0. The molecule has 0 aliphatic carbocycles. The number of nitro groups is 1. The molecule has 0 fully saturated rings. The number of anilines is 1. The van der Waals surface area contributed by atoms with E-state index in [1.54, 1.807) is 30.3 Å². The smallest absolute Gasteiger partial charge is 0.271 e. The minimum atomic E-state index is -0.678. The second-order valence-corrected chi connectivity index (χ2v) is 5.44. The Morgan fingerprint density at radius 2 is 1.88 bits per heavy atom. The molecule has 0 unspecified atom stereocenters. The number of non-ortho nitro benzene ring substituents is 1. The lowest BCUT2D eigenvalue weighted by Gasteiger charge is -2.06. The van der Waals surface area contributed by atoms with Crippen molar-refractivity contribution in [2.75, 3.05) is 5.32 Å². The van der Waals surface area contributed by atoms with E-state index in [1.165, 1.54) is 18.2 Å². The summed E-state index contributed by atoms with van der Waals surface area (Å²) in [4.78, 5) is 22.2. The summed E-state index contributed by atoms with van der Waals surface area (Å²) in [5.41, 5.74) is 0.451. The van der Waals surface area contributed by atoms with Gasteiger partial charge in [-0.1, -0.05) is 35.3 Å². The summed E-state index contributed by atoms with van der Waals surface area (Å²) in [5.74, 6) is -0.678. The minimum Gasteiger partial charge on any atom is -0.320 e. The van der Waals surface area contributed by atoms with E-state index in [-0.39, 0.29) is 22.0 Å². The van der Waals surface area contributed by atoms with Crippen molar-refractivity contribution in [2.45, 2.75) is 0 Å². The molecule has 0 bridgehead atoms. The number of halogens is 2. The van der Waals surface area contributed by atoms with Gasteiger partial charge in [0.05, 0.1) is 15.6 Å². The molecule has 2 aromatic carbocycles. The first-order chi connectivity index (χ1) is 11.4. The first-order valence-corrected chi connectivity index (χ1v) is 7.29. The van der Waals surface area contributed by atoms with Crippen LogP contribution in [0.2, 0.25) is 10.0 Å². The van der Waals surface area contributed by atoms with E-state index in [0.29, 0.717) is 10.6 Å². The Balaban J connectivity index is 2.22. The molecule has 0 spiro atoms. The van der Waals surface area contributed by atoms with Crippen LogP contribution < -0.4 is 5.32 Å². The van der Waals surface area contributed by atoms with E-state index < -0.39 is 10.8 Å². The molecule has 0 atom stereocenters. The standard InChI is InChI=1S/C16H9Cl2N3O3/c17-12-3-1-10(2-4-12)7-11(9-19)16(22)20-15-6-5-13(21(23)24)8-14(15)18/h1-8H,(H,20,22)/b11-7+. The van der Waals surface area contributed by atoms with Crippen molar-refractivity contribution < 1.29 is 9.72 Å². The molecule has 0 saturated carbocycles. The number of amides is 1. The van der Waals surface area contributed by atoms with Gasteiger partial charge in [-0.05, 0) is 29.8 Å². The van der Waals surface area contributed by atoms with Crippen LogP contribution in [0.4, 0.5) is 11.4 Å². The quantitative estimate of drug-likeness (QED) is 0.376. The average molecular weight is 362 g/mol. The second kappa shape index (κ2) is 7.59. The van der Waals surface area contributed by atoms with Crippen molar-refractivity contribution >= 4 is 46.6 Å². The van der Waals surface area contributed by atoms with Gasteiger partial charge in [0.1, 0.15) is 11.6 Å². The van der Waals surface area contributed by atoms with Crippen LogP contribution in [-0.4, -0.2) is 10.8 Å². The number of benzene rings is 2. The molecule has 0 aliphatic rings. The van der Waals surface area contributed by atoms with Gasteiger partial charge in [-0.2, -0.15) is 5.26 Å². The number of nitrogens with one attached hydrogen (secondary N) is 1. The van der Waals surface area contributed by atoms with Gasteiger partial charge in [0.25, 0.3) is 11.6 Å². The van der Waals surface area contributed by atoms with Gasteiger partial charge in [-0.3, -0.25) is 14.9 Å². The van der Waals surface area contributed by atoms with Crippen LogP contribution >= 0.6 is 23.2 Å². The summed E-state index contributed by atoms with van der Waals surface area (Å²) in [6.07, 6.45) is 1.39. The van der Waals surface area contributed by atoms with Gasteiger partial charge in [0.2, 0.25) is 0 Å².